The second kappa shape index (κ2) is 6.93. The van der Waals surface area contributed by atoms with Gasteiger partial charge in [0.1, 0.15) is 5.76 Å². The Bertz CT molecular complexity index is 852. The number of benzene rings is 2. The summed E-state index contributed by atoms with van der Waals surface area (Å²) in [5.41, 5.74) is 1.73. The summed E-state index contributed by atoms with van der Waals surface area (Å²) in [6.07, 6.45) is 1.57. The number of hydrogen-bond donors (Lipinski definition) is 0. The van der Waals surface area contributed by atoms with Crippen LogP contribution < -0.4 is 9.47 Å². The Morgan fingerprint density at radius 3 is 2.25 bits per heavy atom. The van der Waals surface area contributed by atoms with Crippen LogP contribution in [0.1, 0.15) is 15.9 Å². The zero-order chi connectivity index (χ0) is 17.1. The second-order valence-electron chi connectivity index (χ2n) is 5.07. The standard InChI is InChI=1S/C19H15BrO4/c1-22-17-10-14(16-4-3-9-24-16)15(11-18(17)23-2)19(21)12-5-7-13(20)8-6-12/h3-11H,1-2H3. The first-order valence-electron chi connectivity index (χ1n) is 7.24. The van der Waals surface area contributed by atoms with E-state index in [2.05, 4.69) is 15.9 Å². The van der Waals surface area contributed by atoms with Crippen LogP contribution in [-0.4, -0.2) is 20.0 Å². The highest BCUT2D eigenvalue weighted by atomic mass is 79.9. The lowest BCUT2D eigenvalue weighted by atomic mass is 9.96. The molecule has 0 atom stereocenters. The minimum absolute atomic E-state index is 0.116. The van der Waals surface area contributed by atoms with E-state index in [1.54, 1.807) is 49.8 Å². The van der Waals surface area contributed by atoms with Gasteiger partial charge < -0.3 is 13.9 Å². The van der Waals surface area contributed by atoms with Gasteiger partial charge >= 0.3 is 0 Å². The average Bonchev–Trinajstić information content (AvgIpc) is 3.15. The largest absolute Gasteiger partial charge is 0.493 e. The molecule has 122 valence electrons. The van der Waals surface area contributed by atoms with Crippen molar-refractivity contribution in [2.45, 2.75) is 0 Å². The van der Waals surface area contributed by atoms with Crippen LogP contribution in [0, 0.1) is 0 Å². The van der Waals surface area contributed by atoms with Crippen molar-refractivity contribution in [2.24, 2.45) is 0 Å². The topological polar surface area (TPSA) is 48.7 Å². The van der Waals surface area contributed by atoms with Crippen LogP contribution in [-0.2, 0) is 0 Å². The molecule has 0 unspecified atom stereocenters. The van der Waals surface area contributed by atoms with Crippen molar-refractivity contribution in [2.75, 3.05) is 14.2 Å². The summed E-state index contributed by atoms with van der Waals surface area (Å²) >= 11 is 3.38. The van der Waals surface area contributed by atoms with Crippen LogP contribution >= 0.6 is 15.9 Å². The third-order valence-corrected chi connectivity index (χ3v) is 4.19. The van der Waals surface area contributed by atoms with Crippen LogP contribution in [0.5, 0.6) is 11.5 Å². The fraction of sp³-hybridized carbons (Fsp3) is 0.105. The first-order valence-corrected chi connectivity index (χ1v) is 8.03. The van der Waals surface area contributed by atoms with E-state index in [1.165, 1.54) is 7.11 Å². The number of hydrogen-bond acceptors (Lipinski definition) is 4. The highest BCUT2D eigenvalue weighted by molar-refractivity contribution is 9.10. The van der Waals surface area contributed by atoms with Gasteiger partial charge in [0.2, 0.25) is 0 Å². The molecule has 0 spiro atoms. The Morgan fingerprint density at radius 2 is 1.67 bits per heavy atom. The minimum atomic E-state index is -0.116. The Morgan fingerprint density at radius 1 is 1.00 bits per heavy atom. The average molecular weight is 387 g/mol. The Hall–Kier alpha value is -2.53. The number of ketones is 1. The molecule has 1 heterocycles. The zero-order valence-electron chi connectivity index (χ0n) is 13.2. The molecular weight excluding hydrogens is 372 g/mol. The molecule has 0 aliphatic rings. The number of halogens is 1. The molecule has 0 amide bonds. The molecule has 0 aliphatic carbocycles. The van der Waals surface area contributed by atoms with E-state index in [-0.39, 0.29) is 5.78 Å². The molecule has 24 heavy (non-hydrogen) atoms. The molecule has 5 heteroatoms. The number of methoxy groups -OCH3 is 2. The third-order valence-electron chi connectivity index (χ3n) is 3.66. The Labute approximate surface area is 148 Å². The maximum atomic E-state index is 13.0. The molecule has 1 aromatic heterocycles. The molecule has 2 aromatic carbocycles. The van der Waals surface area contributed by atoms with Crippen LogP contribution in [0.2, 0.25) is 0 Å². The Balaban J connectivity index is 2.17. The van der Waals surface area contributed by atoms with Gasteiger partial charge in [0, 0.05) is 21.2 Å². The molecule has 3 aromatic rings. The number of carbonyl (C=O) groups excluding carboxylic acids is 1. The van der Waals surface area contributed by atoms with Crippen molar-refractivity contribution in [3.63, 3.8) is 0 Å². The van der Waals surface area contributed by atoms with Crippen LogP contribution in [0.3, 0.4) is 0 Å². The van der Waals surface area contributed by atoms with E-state index < -0.39 is 0 Å². The molecular formula is C19H15BrO4. The second-order valence-corrected chi connectivity index (χ2v) is 5.98. The molecule has 0 bridgehead atoms. The summed E-state index contributed by atoms with van der Waals surface area (Å²) in [5, 5.41) is 0. The Kier molecular flexibility index (Phi) is 4.71. The lowest BCUT2D eigenvalue weighted by Crippen LogP contribution is -2.05. The SMILES string of the molecule is COc1cc(C(=O)c2ccc(Br)cc2)c(-c2ccco2)cc1OC. The fourth-order valence-electron chi connectivity index (χ4n) is 2.46. The summed E-state index contributed by atoms with van der Waals surface area (Å²) < 4.78 is 17.1. The highest BCUT2D eigenvalue weighted by Crippen LogP contribution is 2.37. The molecule has 0 aliphatic heterocycles. The van der Waals surface area contributed by atoms with E-state index in [0.717, 1.165) is 4.47 Å². The lowest BCUT2D eigenvalue weighted by molar-refractivity contribution is 0.103. The third kappa shape index (κ3) is 3.08. The maximum absolute atomic E-state index is 13.0. The number of rotatable bonds is 5. The first-order chi connectivity index (χ1) is 11.6. The van der Waals surface area contributed by atoms with E-state index >= 15 is 0 Å². The van der Waals surface area contributed by atoms with Gasteiger partial charge in [-0.15, -0.1) is 0 Å². The molecule has 0 saturated heterocycles. The van der Waals surface area contributed by atoms with Crippen LogP contribution in [0.4, 0.5) is 0 Å². The molecule has 3 rings (SSSR count). The van der Waals surface area contributed by atoms with E-state index in [9.17, 15) is 4.79 Å². The van der Waals surface area contributed by atoms with E-state index in [0.29, 0.717) is 33.9 Å². The van der Waals surface area contributed by atoms with Crippen LogP contribution in [0.15, 0.2) is 63.7 Å². The van der Waals surface area contributed by atoms with Crippen molar-refractivity contribution in [3.8, 4) is 22.8 Å². The number of ether oxygens (including phenoxy) is 2. The molecule has 0 N–H and O–H groups in total. The molecule has 4 nitrogen and oxygen atoms in total. The van der Waals surface area contributed by atoms with Gasteiger partial charge in [0.05, 0.1) is 20.5 Å². The molecule has 0 saturated carbocycles. The molecule has 0 radical (unpaired) electrons. The lowest BCUT2D eigenvalue weighted by Gasteiger charge is -2.13. The van der Waals surface area contributed by atoms with Gasteiger partial charge in [-0.1, -0.05) is 15.9 Å². The monoisotopic (exact) mass is 386 g/mol. The first kappa shape index (κ1) is 16.3. The van der Waals surface area contributed by atoms with Gasteiger partial charge in [-0.3, -0.25) is 4.79 Å². The van der Waals surface area contributed by atoms with Gasteiger partial charge in [0.15, 0.2) is 17.3 Å². The molecule has 0 fully saturated rings. The van der Waals surface area contributed by atoms with Gasteiger partial charge in [-0.05, 0) is 48.5 Å². The maximum Gasteiger partial charge on any atom is 0.193 e. The van der Waals surface area contributed by atoms with Gasteiger partial charge in [0.25, 0.3) is 0 Å². The number of carbonyl (C=O) groups is 1. The van der Waals surface area contributed by atoms with E-state index in [1.807, 2.05) is 12.1 Å². The smallest absolute Gasteiger partial charge is 0.193 e. The highest BCUT2D eigenvalue weighted by Gasteiger charge is 2.20. The number of furan rings is 1. The summed E-state index contributed by atoms with van der Waals surface area (Å²) in [6.45, 7) is 0. The van der Waals surface area contributed by atoms with Crippen molar-refractivity contribution in [3.05, 3.63) is 70.4 Å². The van der Waals surface area contributed by atoms with Crippen LogP contribution in [0.25, 0.3) is 11.3 Å². The van der Waals surface area contributed by atoms with Crippen molar-refractivity contribution in [1.82, 2.24) is 0 Å². The summed E-state index contributed by atoms with van der Waals surface area (Å²) in [5.74, 6) is 1.51. The summed E-state index contributed by atoms with van der Waals surface area (Å²) in [6, 6.07) is 14.2. The normalized spacial score (nSPS) is 10.5. The fourth-order valence-corrected chi connectivity index (χ4v) is 2.72. The van der Waals surface area contributed by atoms with E-state index in [4.69, 9.17) is 13.9 Å². The minimum Gasteiger partial charge on any atom is -0.493 e. The quantitative estimate of drug-likeness (QED) is 0.581. The van der Waals surface area contributed by atoms with Gasteiger partial charge in [-0.2, -0.15) is 0 Å². The predicted octanol–water partition coefficient (Wildman–Crippen LogP) is 4.96. The van der Waals surface area contributed by atoms with Gasteiger partial charge in [-0.25, -0.2) is 0 Å². The van der Waals surface area contributed by atoms with Crippen molar-refractivity contribution < 1.29 is 18.7 Å². The zero-order valence-corrected chi connectivity index (χ0v) is 14.8. The summed E-state index contributed by atoms with van der Waals surface area (Å²) in [4.78, 5) is 13.0. The predicted molar refractivity (Wildman–Crippen MR) is 94.8 cm³/mol. The van der Waals surface area contributed by atoms with Crippen molar-refractivity contribution in [1.29, 1.82) is 0 Å². The van der Waals surface area contributed by atoms with Crippen molar-refractivity contribution >= 4 is 21.7 Å². The summed E-state index contributed by atoms with van der Waals surface area (Å²) in [7, 11) is 3.10.